The highest BCUT2D eigenvalue weighted by atomic mass is 79.9. The highest BCUT2D eigenvalue weighted by Crippen LogP contribution is 2.54. The molecule has 2 amide bonds. The van der Waals surface area contributed by atoms with Gasteiger partial charge in [0.1, 0.15) is 5.54 Å². The van der Waals surface area contributed by atoms with Crippen LogP contribution in [0.2, 0.25) is 10.0 Å². The lowest BCUT2D eigenvalue weighted by atomic mass is 9.78. The summed E-state index contributed by atoms with van der Waals surface area (Å²) in [5.41, 5.74) is -1.12. The Labute approximate surface area is 211 Å². The van der Waals surface area contributed by atoms with Crippen molar-refractivity contribution in [2.45, 2.75) is 11.3 Å². The number of urea groups is 1. The van der Waals surface area contributed by atoms with E-state index in [-0.39, 0.29) is 19.2 Å². The van der Waals surface area contributed by atoms with Crippen molar-refractivity contribution >= 4 is 72.5 Å². The Balaban J connectivity index is 1.78. The van der Waals surface area contributed by atoms with E-state index in [4.69, 9.17) is 27.9 Å². The number of rotatable bonds is 3. The van der Waals surface area contributed by atoms with Crippen molar-refractivity contribution in [2.24, 2.45) is 0 Å². The molecular weight excluding hydrogens is 583 g/mol. The average molecular weight is 599 g/mol. The van der Waals surface area contributed by atoms with Gasteiger partial charge in [-0.1, -0.05) is 55.1 Å². The molecule has 5 nitrogen and oxygen atoms in total. The van der Waals surface area contributed by atoms with Crippen molar-refractivity contribution in [2.75, 3.05) is 23.0 Å². The Morgan fingerprint density at radius 2 is 1.28 bits per heavy atom. The molecule has 3 aromatic rings. The monoisotopic (exact) mass is 596 g/mol. The lowest BCUT2D eigenvalue weighted by Gasteiger charge is -2.51. The lowest BCUT2D eigenvalue weighted by Crippen LogP contribution is -2.70. The molecule has 1 spiro atoms. The van der Waals surface area contributed by atoms with Crippen LogP contribution < -0.4 is 9.80 Å². The van der Waals surface area contributed by atoms with Crippen LogP contribution in [-0.2, 0) is 10.5 Å². The molecule has 2 aliphatic rings. The second kappa shape index (κ2) is 8.01. The first-order valence-corrected chi connectivity index (χ1v) is 12.0. The Morgan fingerprint density at radius 1 is 0.812 bits per heavy atom. The van der Waals surface area contributed by atoms with Gasteiger partial charge in [-0.05, 0) is 66.7 Å². The highest BCUT2D eigenvalue weighted by molar-refractivity contribution is 9.11. The van der Waals surface area contributed by atoms with Gasteiger partial charge in [-0.25, -0.2) is 4.79 Å². The van der Waals surface area contributed by atoms with Crippen LogP contribution in [0, 0.1) is 0 Å². The van der Waals surface area contributed by atoms with Crippen molar-refractivity contribution in [3.05, 3.63) is 91.3 Å². The maximum absolute atomic E-state index is 14.0. The molecule has 3 aromatic carbocycles. The van der Waals surface area contributed by atoms with E-state index in [1.807, 2.05) is 18.2 Å². The van der Waals surface area contributed by atoms with Gasteiger partial charge in [-0.2, -0.15) is 0 Å². The van der Waals surface area contributed by atoms with E-state index in [0.717, 1.165) is 8.95 Å². The zero-order chi connectivity index (χ0) is 22.7. The van der Waals surface area contributed by atoms with Crippen LogP contribution in [0.4, 0.5) is 16.2 Å². The van der Waals surface area contributed by atoms with E-state index >= 15 is 0 Å². The van der Waals surface area contributed by atoms with Gasteiger partial charge >= 0.3 is 6.03 Å². The topological polar surface area (TPSA) is 53.0 Å². The standard InChI is InChI=1S/C23H16Br2Cl2N2O3/c24-15-9-14(10-16(25)11-15)23(31)22(12-32-13-22)28(19-5-1-17(26)2-6-19)21(30)29(23)20-7-3-18(27)4-8-20/h1-11,31H,12-13H2. The van der Waals surface area contributed by atoms with Crippen LogP contribution in [0.5, 0.6) is 0 Å². The molecule has 2 saturated heterocycles. The van der Waals surface area contributed by atoms with Crippen molar-refractivity contribution in [1.82, 2.24) is 0 Å². The number of carbonyl (C=O) groups excluding carboxylic acids is 1. The predicted octanol–water partition coefficient (Wildman–Crippen LogP) is 6.58. The van der Waals surface area contributed by atoms with Crippen LogP contribution in [0.25, 0.3) is 0 Å². The number of hydrogen-bond acceptors (Lipinski definition) is 3. The Morgan fingerprint density at radius 3 is 1.72 bits per heavy atom. The zero-order valence-corrected chi connectivity index (χ0v) is 21.1. The quantitative estimate of drug-likeness (QED) is 0.371. The second-order valence-corrected chi connectivity index (χ2v) is 10.5. The van der Waals surface area contributed by atoms with Crippen molar-refractivity contribution in [3.8, 4) is 0 Å². The van der Waals surface area contributed by atoms with Gasteiger partial charge in [-0.3, -0.25) is 9.80 Å². The summed E-state index contributed by atoms with van der Waals surface area (Å²) in [7, 11) is 0. The van der Waals surface area contributed by atoms with Gasteiger partial charge in [0.05, 0.1) is 13.2 Å². The number of nitrogens with zero attached hydrogens (tertiary/aromatic N) is 2. The molecule has 1 unspecified atom stereocenters. The summed E-state index contributed by atoms with van der Waals surface area (Å²) in [5, 5.41) is 13.6. The zero-order valence-electron chi connectivity index (χ0n) is 16.4. The van der Waals surface area contributed by atoms with E-state index in [2.05, 4.69) is 31.9 Å². The predicted molar refractivity (Wildman–Crippen MR) is 133 cm³/mol. The smallest absolute Gasteiger partial charge is 0.332 e. The minimum absolute atomic E-state index is 0.159. The fraction of sp³-hybridized carbons (Fsp3) is 0.174. The summed E-state index contributed by atoms with van der Waals surface area (Å²) in [6.07, 6.45) is 0. The lowest BCUT2D eigenvalue weighted by molar-refractivity contribution is -0.153. The first-order chi connectivity index (χ1) is 15.3. The Hall–Kier alpha value is -1.61. The third-order valence-electron chi connectivity index (χ3n) is 5.90. The summed E-state index contributed by atoms with van der Waals surface area (Å²) >= 11 is 19.2. The van der Waals surface area contributed by atoms with Crippen LogP contribution in [-0.4, -0.2) is 29.9 Å². The number of benzene rings is 3. The molecule has 0 aliphatic carbocycles. The van der Waals surface area contributed by atoms with Gasteiger partial charge in [0, 0.05) is 35.9 Å². The molecule has 2 fully saturated rings. The number of amides is 2. The molecule has 9 heteroatoms. The molecule has 164 valence electrons. The van der Waals surface area contributed by atoms with E-state index in [0.29, 0.717) is 27.0 Å². The summed E-state index contributed by atoms with van der Waals surface area (Å²) < 4.78 is 7.14. The fourth-order valence-electron chi connectivity index (χ4n) is 4.40. The molecule has 0 bridgehead atoms. The minimum atomic E-state index is -1.73. The third kappa shape index (κ3) is 3.22. The van der Waals surface area contributed by atoms with Gasteiger partial charge < -0.3 is 9.84 Å². The normalized spacial score (nSPS) is 21.8. The van der Waals surface area contributed by atoms with Gasteiger partial charge in [-0.15, -0.1) is 0 Å². The SMILES string of the molecule is O=C1N(c2ccc(Cl)cc2)C2(COC2)C(O)(c2cc(Br)cc(Br)c2)N1c1ccc(Cl)cc1. The summed E-state index contributed by atoms with van der Waals surface area (Å²) in [6.45, 7) is 0.318. The Kier molecular flexibility index (Phi) is 5.55. The molecule has 2 aliphatic heterocycles. The third-order valence-corrected chi connectivity index (χ3v) is 7.32. The molecule has 32 heavy (non-hydrogen) atoms. The van der Waals surface area contributed by atoms with Crippen LogP contribution >= 0.6 is 55.1 Å². The maximum atomic E-state index is 14.0. The van der Waals surface area contributed by atoms with Crippen molar-refractivity contribution in [3.63, 3.8) is 0 Å². The summed E-state index contributed by atoms with van der Waals surface area (Å²) in [4.78, 5) is 17.0. The van der Waals surface area contributed by atoms with E-state index in [9.17, 15) is 9.90 Å². The first-order valence-electron chi connectivity index (χ1n) is 9.68. The maximum Gasteiger partial charge on any atom is 0.332 e. The van der Waals surface area contributed by atoms with Crippen LogP contribution in [0.3, 0.4) is 0 Å². The molecule has 0 radical (unpaired) electrons. The number of halogens is 4. The molecule has 1 atom stereocenters. The number of anilines is 2. The first kappa shape index (κ1) is 22.2. The molecule has 0 aromatic heterocycles. The van der Waals surface area contributed by atoms with Gasteiger partial charge in [0.25, 0.3) is 0 Å². The van der Waals surface area contributed by atoms with E-state index in [1.54, 1.807) is 53.4 Å². The second-order valence-electron chi connectivity index (χ2n) is 7.76. The Bertz CT molecular complexity index is 1180. The van der Waals surface area contributed by atoms with Crippen molar-refractivity contribution in [1.29, 1.82) is 0 Å². The largest absolute Gasteiger partial charge is 0.376 e. The molecule has 0 saturated carbocycles. The van der Waals surface area contributed by atoms with Gasteiger partial charge in [0.15, 0.2) is 0 Å². The number of carbonyl (C=O) groups is 1. The summed E-state index contributed by atoms with van der Waals surface area (Å²) in [6, 6.07) is 18.9. The number of hydrogen-bond donors (Lipinski definition) is 1. The highest BCUT2D eigenvalue weighted by Gasteiger charge is 2.72. The van der Waals surface area contributed by atoms with E-state index in [1.165, 1.54) is 4.90 Å². The average Bonchev–Trinajstić information content (AvgIpc) is 2.93. The molecule has 2 heterocycles. The number of aliphatic hydroxyl groups is 1. The van der Waals surface area contributed by atoms with E-state index < -0.39 is 11.3 Å². The molecule has 5 rings (SSSR count). The van der Waals surface area contributed by atoms with Crippen LogP contribution in [0.1, 0.15) is 5.56 Å². The van der Waals surface area contributed by atoms with Crippen LogP contribution in [0.15, 0.2) is 75.7 Å². The molecule has 1 N–H and O–H groups in total. The van der Waals surface area contributed by atoms with Gasteiger partial charge in [0.2, 0.25) is 5.72 Å². The summed E-state index contributed by atoms with van der Waals surface area (Å²) in [5.74, 6) is 0. The number of ether oxygens (including phenoxy) is 1. The van der Waals surface area contributed by atoms with Crippen molar-refractivity contribution < 1.29 is 14.6 Å². The minimum Gasteiger partial charge on any atom is -0.376 e. The molecular formula is C23H16Br2Cl2N2O3. The fourth-order valence-corrected chi connectivity index (χ4v) is 5.95.